The minimum absolute atomic E-state index is 0.112. The smallest absolute Gasteiger partial charge is 0.460 e. The predicted octanol–water partition coefficient (Wildman–Crippen LogP) is 6.24. The third-order valence-corrected chi connectivity index (χ3v) is 9.41. The number of rotatable bonds is 22. The number of alkyl halides is 2. The summed E-state index contributed by atoms with van der Waals surface area (Å²) >= 11 is 11.6. The molecule has 316 valence electrons. The molecule has 3 atom stereocenters. The van der Waals surface area contributed by atoms with Crippen LogP contribution < -0.4 is 0 Å². The highest BCUT2D eigenvalue weighted by atomic mass is 35.5. The van der Waals surface area contributed by atoms with Gasteiger partial charge in [-0.3, -0.25) is 19.3 Å². The van der Waals surface area contributed by atoms with Gasteiger partial charge < -0.3 is 38.6 Å². The highest BCUT2D eigenvalue weighted by molar-refractivity contribution is 6.17. The third-order valence-electron chi connectivity index (χ3n) is 8.79. The first-order valence-corrected chi connectivity index (χ1v) is 19.0. The molecule has 0 bridgehead atoms. The first-order chi connectivity index (χ1) is 27.6. The van der Waals surface area contributed by atoms with Gasteiger partial charge in [-0.15, -0.1) is 23.2 Å². The van der Waals surface area contributed by atoms with Crippen molar-refractivity contribution < 1.29 is 72.4 Å². The fourth-order valence-corrected chi connectivity index (χ4v) is 4.88. The summed E-state index contributed by atoms with van der Waals surface area (Å²) in [4.78, 5) is 73.8. The van der Waals surface area contributed by atoms with Crippen molar-refractivity contribution >= 4 is 53.4 Å². The largest absolute Gasteiger partial charge is 0.540 e. The van der Waals surface area contributed by atoms with Crippen LogP contribution in [0.5, 0.6) is 0 Å². The molecular weight excluding hydrogens is 803 g/mol. The first kappa shape index (κ1) is 47.4. The molecule has 3 aromatic rings. The summed E-state index contributed by atoms with van der Waals surface area (Å²) in [5.41, 5.74) is -0.425. The molecule has 0 saturated carbocycles. The second-order valence-corrected chi connectivity index (χ2v) is 14.9. The van der Waals surface area contributed by atoms with Crippen LogP contribution in [0.25, 0.3) is 0 Å². The number of aryl methyl sites for hydroxylation is 1. The van der Waals surface area contributed by atoms with Crippen LogP contribution in [0.1, 0.15) is 54.2 Å². The molecule has 0 aliphatic carbocycles. The van der Waals surface area contributed by atoms with Crippen LogP contribution in [0.2, 0.25) is 0 Å². The average molecular weight is 852 g/mol. The van der Waals surface area contributed by atoms with Gasteiger partial charge in [-0.1, -0.05) is 78.4 Å². The van der Waals surface area contributed by atoms with E-state index in [9.17, 15) is 34.2 Å². The number of esters is 3. The SMILES string of the molecule is Cc1ccc(COC(=O)C(C)(COOC(=O)OCC(C)(CO)C(=O)OCc2ccc(CCl)cc2)COC(=O)OCC(C)(CO)C(=O)OCc2ccc(CCl)cc2)cc1. The van der Waals surface area contributed by atoms with E-state index in [1.54, 1.807) is 60.7 Å². The van der Waals surface area contributed by atoms with Crippen LogP contribution in [-0.4, -0.2) is 80.1 Å². The van der Waals surface area contributed by atoms with Gasteiger partial charge in [-0.25, -0.2) is 9.59 Å². The topological polar surface area (TPSA) is 200 Å². The van der Waals surface area contributed by atoms with Gasteiger partial charge >= 0.3 is 30.2 Å². The minimum Gasteiger partial charge on any atom is -0.460 e. The van der Waals surface area contributed by atoms with Gasteiger partial charge in [0.2, 0.25) is 0 Å². The normalized spacial score (nSPS) is 14.1. The zero-order valence-electron chi connectivity index (χ0n) is 32.7. The van der Waals surface area contributed by atoms with Crippen molar-refractivity contribution in [3.05, 3.63) is 106 Å². The molecule has 58 heavy (non-hydrogen) atoms. The van der Waals surface area contributed by atoms with Gasteiger partial charge in [0.15, 0.2) is 0 Å². The van der Waals surface area contributed by atoms with Crippen molar-refractivity contribution in [3.63, 3.8) is 0 Å². The maximum absolute atomic E-state index is 13.3. The lowest BCUT2D eigenvalue weighted by Gasteiger charge is -2.27. The number of hydrogen-bond donors (Lipinski definition) is 2. The van der Waals surface area contributed by atoms with Crippen molar-refractivity contribution in [1.29, 1.82) is 0 Å². The molecule has 0 aliphatic rings. The van der Waals surface area contributed by atoms with Gasteiger partial charge in [0.25, 0.3) is 0 Å². The Labute approximate surface area is 346 Å². The molecule has 3 unspecified atom stereocenters. The van der Waals surface area contributed by atoms with Crippen LogP contribution in [0.3, 0.4) is 0 Å². The Kier molecular flexibility index (Phi) is 18.7. The number of aliphatic hydroxyl groups is 2. The summed E-state index contributed by atoms with van der Waals surface area (Å²) < 4.78 is 31.4. The maximum atomic E-state index is 13.3. The average Bonchev–Trinajstić information content (AvgIpc) is 3.24. The summed E-state index contributed by atoms with van der Waals surface area (Å²) in [5, 5.41) is 19.9. The number of ether oxygens (including phenoxy) is 6. The monoisotopic (exact) mass is 850 g/mol. The van der Waals surface area contributed by atoms with Gasteiger partial charge in [0, 0.05) is 11.8 Å². The van der Waals surface area contributed by atoms with Crippen LogP contribution >= 0.6 is 23.2 Å². The summed E-state index contributed by atoms with van der Waals surface area (Å²) in [6.07, 6.45) is -2.74. The lowest BCUT2D eigenvalue weighted by Crippen LogP contribution is -2.41. The summed E-state index contributed by atoms with van der Waals surface area (Å²) in [6, 6.07) is 21.1. The highest BCUT2D eigenvalue weighted by Crippen LogP contribution is 2.25. The quantitative estimate of drug-likeness (QED) is 0.0378. The zero-order chi connectivity index (χ0) is 42.8. The fourth-order valence-electron chi connectivity index (χ4n) is 4.53. The second-order valence-electron chi connectivity index (χ2n) is 14.3. The number of carbonyl (C=O) groups excluding carboxylic acids is 5. The molecule has 3 aromatic carbocycles. The first-order valence-electron chi connectivity index (χ1n) is 17.9. The molecule has 3 rings (SSSR count). The molecule has 15 nitrogen and oxygen atoms in total. The molecule has 0 saturated heterocycles. The van der Waals surface area contributed by atoms with Gasteiger partial charge in [-0.2, -0.15) is 4.89 Å². The van der Waals surface area contributed by atoms with Crippen molar-refractivity contribution in [2.75, 3.05) is 39.6 Å². The second kappa shape index (κ2) is 22.9. The Hall–Kier alpha value is -4.93. The van der Waals surface area contributed by atoms with Crippen molar-refractivity contribution in [3.8, 4) is 0 Å². The molecule has 0 aromatic heterocycles. The van der Waals surface area contributed by atoms with E-state index in [1.807, 2.05) is 19.1 Å². The van der Waals surface area contributed by atoms with Crippen LogP contribution in [0, 0.1) is 23.2 Å². The Morgan fingerprint density at radius 2 is 0.810 bits per heavy atom. The van der Waals surface area contributed by atoms with Crippen LogP contribution in [-0.2, 0) is 84.2 Å². The number of halogens is 2. The third kappa shape index (κ3) is 14.8. The van der Waals surface area contributed by atoms with E-state index >= 15 is 0 Å². The predicted molar refractivity (Wildman–Crippen MR) is 207 cm³/mol. The number of hydrogen-bond acceptors (Lipinski definition) is 15. The maximum Gasteiger partial charge on any atom is 0.540 e. The molecule has 0 heterocycles. The van der Waals surface area contributed by atoms with E-state index in [1.165, 1.54) is 20.8 Å². The van der Waals surface area contributed by atoms with E-state index in [2.05, 4.69) is 4.89 Å². The highest BCUT2D eigenvalue weighted by Gasteiger charge is 2.41. The van der Waals surface area contributed by atoms with Crippen molar-refractivity contribution in [2.24, 2.45) is 16.2 Å². The molecule has 0 amide bonds. The van der Waals surface area contributed by atoms with Crippen molar-refractivity contribution in [2.45, 2.75) is 59.3 Å². The van der Waals surface area contributed by atoms with Gasteiger partial charge in [0.05, 0.1) is 13.2 Å². The van der Waals surface area contributed by atoms with Crippen LogP contribution in [0.4, 0.5) is 9.59 Å². The van der Waals surface area contributed by atoms with Gasteiger partial charge in [0.1, 0.15) is 62.5 Å². The molecular formula is C41H48Cl2O15. The van der Waals surface area contributed by atoms with Gasteiger partial charge in [-0.05, 0) is 55.5 Å². The molecule has 0 fully saturated rings. The summed E-state index contributed by atoms with van der Waals surface area (Å²) in [7, 11) is 0. The Morgan fingerprint density at radius 1 is 0.483 bits per heavy atom. The molecule has 17 heteroatoms. The Bertz CT molecular complexity index is 1800. The zero-order valence-corrected chi connectivity index (χ0v) is 34.2. The number of benzene rings is 3. The lowest BCUT2D eigenvalue weighted by atomic mass is 9.93. The number of carbonyl (C=O) groups is 5. The minimum atomic E-state index is -1.81. The van der Waals surface area contributed by atoms with Crippen LogP contribution in [0.15, 0.2) is 72.8 Å². The standard InChI is InChI=1S/C41H48Cl2O15/c1-28-5-7-31(8-6-28)19-53-36(48)41(4,26-55-37(49)54-24-39(2,22-44)34(46)51-20-32-13-9-29(17-42)10-14-32)27-57-58-38(50)56-25-40(3,23-45)35(47)52-21-33-15-11-30(18-43)12-16-33/h5-16,44-45H,17-27H2,1-4H3. The molecule has 2 N–H and O–H groups in total. The summed E-state index contributed by atoms with van der Waals surface area (Å²) in [5.74, 6) is -1.99. The number of aliphatic hydroxyl groups excluding tert-OH is 2. The Balaban J connectivity index is 1.56. The molecule has 0 spiro atoms. The summed E-state index contributed by atoms with van der Waals surface area (Å²) in [6.45, 7) is 1.19. The van der Waals surface area contributed by atoms with Crippen molar-refractivity contribution in [1.82, 2.24) is 0 Å². The van der Waals surface area contributed by atoms with E-state index in [0.29, 0.717) is 28.5 Å². The van der Waals surface area contributed by atoms with E-state index < -0.39 is 86.1 Å². The lowest BCUT2D eigenvalue weighted by molar-refractivity contribution is -0.275. The molecule has 0 aliphatic heterocycles. The van der Waals surface area contributed by atoms with E-state index in [0.717, 1.165) is 16.7 Å². The Morgan fingerprint density at radius 3 is 1.19 bits per heavy atom. The molecule has 0 radical (unpaired) electrons. The van der Waals surface area contributed by atoms with E-state index in [4.69, 9.17) is 56.5 Å². The fraction of sp³-hybridized carbons (Fsp3) is 0.439. The van der Waals surface area contributed by atoms with E-state index in [-0.39, 0.29) is 19.8 Å².